The van der Waals surface area contributed by atoms with E-state index in [2.05, 4.69) is 34.5 Å². The highest BCUT2D eigenvalue weighted by Gasteiger charge is 2.54. The Hall–Kier alpha value is -1.35. The molecule has 1 N–H and O–H groups in total. The van der Waals surface area contributed by atoms with E-state index < -0.39 is 0 Å². The second-order valence-electron chi connectivity index (χ2n) is 12.1. The zero-order valence-corrected chi connectivity index (χ0v) is 20.8. The van der Waals surface area contributed by atoms with Crippen LogP contribution < -0.4 is 5.32 Å². The van der Waals surface area contributed by atoms with Gasteiger partial charge in [-0.2, -0.15) is 0 Å². The van der Waals surface area contributed by atoms with Crippen LogP contribution in [0.15, 0.2) is 24.3 Å². The first-order valence-corrected chi connectivity index (χ1v) is 14.3. The molecule has 0 spiro atoms. The Morgan fingerprint density at radius 1 is 0.818 bits per heavy atom. The summed E-state index contributed by atoms with van der Waals surface area (Å²) in [7, 11) is 0. The van der Waals surface area contributed by atoms with Gasteiger partial charge in [-0.25, -0.2) is 0 Å². The predicted molar refractivity (Wildman–Crippen MR) is 136 cm³/mol. The van der Waals surface area contributed by atoms with Gasteiger partial charge in [-0.05, 0) is 93.2 Å². The summed E-state index contributed by atoms with van der Waals surface area (Å²) in [5, 5.41) is 3.35. The number of carbonyl (C=O) groups excluding carboxylic acids is 1. The Morgan fingerprint density at radius 3 is 2.06 bits per heavy atom. The van der Waals surface area contributed by atoms with Crippen molar-refractivity contribution >= 4 is 5.91 Å². The molecule has 3 heteroatoms. The molecule has 4 saturated carbocycles. The first-order valence-electron chi connectivity index (χ1n) is 14.3. The van der Waals surface area contributed by atoms with Gasteiger partial charge in [0.05, 0.1) is 0 Å². The third-order valence-electron chi connectivity index (χ3n) is 9.42. The lowest BCUT2D eigenvalue weighted by Gasteiger charge is -2.55. The van der Waals surface area contributed by atoms with Crippen LogP contribution in [0.25, 0.3) is 0 Å². The smallest absolute Gasteiger partial charge is 0.226 e. The molecule has 4 fully saturated rings. The molecule has 3 nitrogen and oxygen atoms in total. The molecular weight excluding hydrogens is 404 g/mol. The molecule has 4 bridgehead atoms. The zero-order valence-electron chi connectivity index (χ0n) is 20.8. The Bertz CT molecular complexity index is 752. The monoisotopic (exact) mass is 450 g/mol. The van der Waals surface area contributed by atoms with E-state index in [-0.39, 0.29) is 5.41 Å². The fourth-order valence-electron chi connectivity index (χ4n) is 8.04. The van der Waals surface area contributed by atoms with Crippen LogP contribution in [0.1, 0.15) is 101 Å². The topological polar surface area (TPSA) is 32.3 Å². The van der Waals surface area contributed by atoms with Crippen LogP contribution in [0.2, 0.25) is 0 Å². The summed E-state index contributed by atoms with van der Waals surface area (Å²) in [6, 6.07) is 8.95. The molecule has 0 unspecified atom stereocenters. The normalized spacial score (nSPS) is 30.4. The van der Waals surface area contributed by atoms with E-state index in [4.69, 9.17) is 0 Å². The molecule has 4 aliphatic carbocycles. The number of amides is 1. The molecule has 182 valence electrons. The molecular formula is C30H46N2O. The van der Waals surface area contributed by atoms with Gasteiger partial charge in [-0.15, -0.1) is 0 Å². The van der Waals surface area contributed by atoms with Crippen molar-refractivity contribution < 1.29 is 4.79 Å². The van der Waals surface area contributed by atoms with Crippen LogP contribution >= 0.6 is 0 Å². The SMILES string of the molecule is O=C(NCCCCCCCCCCN1CCc2ccccc2C1)C12CC3CC(CC(C3)C1)C2. The molecule has 1 aliphatic heterocycles. The van der Waals surface area contributed by atoms with Crippen LogP contribution in [0.4, 0.5) is 0 Å². The van der Waals surface area contributed by atoms with Crippen LogP contribution in [0.5, 0.6) is 0 Å². The zero-order chi connectivity index (χ0) is 22.5. The van der Waals surface area contributed by atoms with Gasteiger partial charge in [0, 0.05) is 25.0 Å². The Labute approximate surface area is 202 Å². The molecule has 0 atom stereocenters. The van der Waals surface area contributed by atoms with Gasteiger partial charge in [-0.3, -0.25) is 9.69 Å². The van der Waals surface area contributed by atoms with Crippen molar-refractivity contribution in [3.05, 3.63) is 35.4 Å². The van der Waals surface area contributed by atoms with Crippen molar-refractivity contribution in [3.8, 4) is 0 Å². The number of benzene rings is 1. The van der Waals surface area contributed by atoms with Crippen LogP contribution in [0, 0.1) is 23.2 Å². The second-order valence-corrected chi connectivity index (χ2v) is 12.1. The summed E-state index contributed by atoms with van der Waals surface area (Å²) >= 11 is 0. The van der Waals surface area contributed by atoms with Crippen molar-refractivity contribution in [3.63, 3.8) is 0 Å². The summed E-state index contributed by atoms with van der Waals surface area (Å²) in [6.07, 6.45) is 19.6. The molecule has 1 amide bonds. The summed E-state index contributed by atoms with van der Waals surface area (Å²) in [4.78, 5) is 15.6. The highest BCUT2D eigenvalue weighted by Crippen LogP contribution is 2.60. The highest BCUT2D eigenvalue weighted by molar-refractivity contribution is 5.83. The van der Waals surface area contributed by atoms with E-state index in [0.717, 1.165) is 37.3 Å². The molecule has 0 aromatic heterocycles. The average Bonchev–Trinajstić information content (AvgIpc) is 2.81. The van der Waals surface area contributed by atoms with E-state index in [9.17, 15) is 4.79 Å². The lowest BCUT2D eigenvalue weighted by Crippen LogP contribution is -2.53. The lowest BCUT2D eigenvalue weighted by atomic mass is 9.49. The van der Waals surface area contributed by atoms with E-state index in [0.29, 0.717) is 5.91 Å². The minimum absolute atomic E-state index is 0.0341. The molecule has 1 heterocycles. The van der Waals surface area contributed by atoms with Gasteiger partial charge >= 0.3 is 0 Å². The number of hydrogen-bond donors (Lipinski definition) is 1. The largest absolute Gasteiger partial charge is 0.356 e. The summed E-state index contributed by atoms with van der Waals surface area (Å²) in [5.74, 6) is 2.99. The van der Waals surface area contributed by atoms with Crippen molar-refractivity contribution in [2.24, 2.45) is 23.2 Å². The van der Waals surface area contributed by atoms with Crippen molar-refractivity contribution in [1.82, 2.24) is 10.2 Å². The molecule has 0 radical (unpaired) electrons. The maximum absolute atomic E-state index is 13.0. The molecule has 1 aromatic carbocycles. The van der Waals surface area contributed by atoms with Gasteiger partial charge in [0.25, 0.3) is 0 Å². The quantitative estimate of drug-likeness (QED) is 0.369. The van der Waals surface area contributed by atoms with Gasteiger partial charge in [0.2, 0.25) is 5.91 Å². The summed E-state index contributed by atoms with van der Waals surface area (Å²) < 4.78 is 0. The summed E-state index contributed by atoms with van der Waals surface area (Å²) in [6.45, 7) is 4.54. The highest BCUT2D eigenvalue weighted by atomic mass is 16.2. The second kappa shape index (κ2) is 10.9. The number of nitrogens with zero attached hydrogens (tertiary/aromatic N) is 1. The first kappa shape index (κ1) is 23.4. The van der Waals surface area contributed by atoms with Gasteiger partial charge in [0.15, 0.2) is 0 Å². The maximum Gasteiger partial charge on any atom is 0.226 e. The maximum atomic E-state index is 13.0. The minimum atomic E-state index is 0.0341. The van der Waals surface area contributed by atoms with Crippen LogP contribution in [-0.2, 0) is 17.8 Å². The third-order valence-corrected chi connectivity index (χ3v) is 9.42. The molecule has 5 aliphatic rings. The number of rotatable bonds is 12. The average molecular weight is 451 g/mol. The third kappa shape index (κ3) is 5.84. The Morgan fingerprint density at radius 2 is 1.39 bits per heavy atom. The standard InChI is InChI=1S/C30H46N2O/c33-29(30-20-24-17-25(21-30)19-26(18-24)22-30)31-14-9-5-3-1-2-4-6-10-15-32-16-13-27-11-7-8-12-28(27)23-32/h7-8,11-12,24-26H,1-6,9-10,13-23H2,(H,31,33). The van der Waals surface area contributed by atoms with Crippen molar-refractivity contribution in [2.75, 3.05) is 19.6 Å². The fourth-order valence-corrected chi connectivity index (χ4v) is 8.04. The number of hydrogen-bond acceptors (Lipinski definition) is 2. The van der Waals surface area contributed by atoms with Gasteiger partial charge in [-0.1, -0.05) is 62.8 Å². The fraction of sp³-hybridized carbons (Fsp3) is 0.767. The molecule has 0 saturated heterocycles. The van der Waals surface area contributed by atoms with Crippen LogP contribution in [0.3, 0.4) is 0 Å². The van der Waals surface area contributed by atoms with E-state index >= 15 is 0 Å². The summed E-state index contributed by atoms with van der Waals surface area (Å²) in [5.41, 5.74) is 3.13. The first-order chi connectivity index (χ1) is 16.2. The number of unbranched alkanes of at least 4 members (excludes halogenated alkanes) is 7. The predicted octanol–water partition coefficient (Wildman–Crippen LogP) is 6.50. The minimum Gasteiger partial charge on any atom is -0.356 e. The number of fused-ring (bicyclic) bond motifs is 1. The van der Waals surface area contributed by atoms with E-state index in [1.165, 1.54) is 109 Å². The Kier molecular flexibility index (Phi) is 7.75. The van der Waals surface area contributed by atoms with E-state index in [1.54, 1.807) is 5.56 Å². The lowest BCUT2D eigenvalue weighted by molar-refractivity contribution is -0.146. The van der Waals surface area contributed by atoms with Crippen molar-refractivity contribution in [1.29, 1.82) is 0 Å². The van der Waals surface area contributed by atoms with Gasteiger partial charge in [0.1, 0.15) is 0 Å². The Balaban J connectivity index is 0.860. The van der Waals surface area contributed by atoms with Crippen molar-refractivity contribution in [2.45, 2.75) is 103 Å². The molecule has 1 aromatic rings. The van der Waals surface area contributed by atoms with E-state index in [1.807, 2.05) is 0 Å². The van der Waals surface area contributed by atoms with Gasteiger partial charge < -0.3 is 5.32 Å². The molecule has 33 heavy (non-hydrogen) atoms. The number of carbonyl (C=O) groups is 1. The number of nitrogens with one attached hydrogen (secondary N) is 1. The van der Waals surface area contributed by atoms with Crippen LogP contribution in [-0.4, -0.2) is 30.4 Å². The molecule has 6 rings (SSSR count).